The van der Waals surface area contributed by atoms with E-state index in [9.17, 15) is 4.79 Å². The van der Waals surface area contributed by atoms with Crippen LogP contribution in [0, 0.1) is 13.8 Å². The summed E-state index contributed by atoms with van der Waals surface area (Å²) in [7, 11) is 0. The van der Waals surface area contributed by atoms with Gasteiger partial charge in [0.15, 0.2) is 0 Å². The fourth-order valence-electron chi connectivity index (χ4n) is 1.23. The zero-order valence-corrected chi connectivity index (χ0v) is 10.1. The number of rotatable bonds is 5. The van der Waals surface area contributed by atoms with Crippen molar-refractivity contribution in [1.82, 2.24) is 9.97 Å². The summed E-state index contributed by atoms with van der Waals surface area (Å²) in [6, 6.07) is 0. The molecule has 0 saturated heterocycles. The van der Waals surface area contributed by atoms with Gasteiger partial charge in [0.25, 0.3) is 0 Å². The van der Waals surface area contributed by atoms with Crippen molar-refractivity contribution in [3.05, 3.63) is 17.2 Å². The van der Waals surface area contributed by atoms with E-state index in [2.05, 4.69) is 9.97 Å². The number of H-pyrrole nitrogens is 1. The summed E-state index contributed by atoms with van der Waals surface area (Å²) in [5.74, 6) is 1.89. The van der Waals surface area contributed by atoms with Crippen LogP contribution in [-0.2, 0) is 15.3 Å². The number of nitrogens with zero attached hydrogens (tertiary/aromatic N) is 1. The molecule has 0 amide bonds. The highest BCUT2D eigenvalue weighted by Crippen LogP contribution is 2.13. The highest BCUT2D eigenvalue weighted by atomic mass is 32.2. The van der Waals surface area contributed by atoms with E-state index in [0.29, 0.717) is 12.4 Å². The Kier molecular flexibility index (Phi) is 4.68. The number of hydrogen-bond donors (Lipinski definition) is 1. The van der Waals surface area contributed by atoms with Gasteiger partial charge in [-0.2, -0.15) is 0 Å². The molecular weight excluding hydrogens is 212 g/mol. The van der Waals surface area contributed by atoms with Gasteiger partial charge >= 0.3 is 5.97 Å². The predicted octanol–water partition coefficient (Wildman–Crippen LogP) is 1.82. The molecule has 0 aliphatic heterocycles. The molecular formula is C10H16N2O2S. The average Bonchev–Trinajstić information content (AvgIpc) is 2.46. The maximum atomic E-state index is 11.1. The second-order valence-electron chi connectivity index (χ2n) is 3.19. The number of hydrogen-bond acceptors (Lipinski definition) is 4. The lowest BCUT2D eigenvalue weighted by Crippen LogP contribution is -2.06. The van der Waals surface area contributed by atoms with Crippen molar-refractivity contribution in [2.75, 3.05) is 12.4 Å². The van der Waals surface area contributed by atoms with E-state index in [-0.39, 0.29) is 5.97 Å². The van der Waals surface area contributed by atoms with Crippen molar-refractivity contribution < 1.29 is 9.53 Å². The summed E-state index contributed by atoms with van der Waals surface area (Å²) in [5.41, 5.74) is 2.09. The summed E-state index contributed by atoms with van der Waals surface area (Å²) in [6.07, 6.45) is 0. The van der Waals surface area contributed by atoms with Crippen molar-refractivity contribution in [2.24, 2.45) is 0 Å². The third kappa shape index (κ3) is 3.95. The molecule has 0 aliphatic rings. The average molecular weight is 228 g/mol. The lowest BCUT2D eigenvalue weighted by atomic mass is 10.4. The van der Waals surface area contributed by atoms with Gasteiger partial charge in [0.05, 0.1) is 18.1 Å². The maximum absolute atomic E-state index is 11.1. The van der Waals surface area contributed by atoms with E-state index in [1.54, 1.807) is 0 Å². The number of nitrogens with one attached hydrogen (secondary N) is 1. The van der Waals surface area contributed by atoms with E-state index < -0.39 is 0 Å². The summed E-state index contributed by atoms with van der Waals surface area (Å²) in [6.45, 7) is 6.16. The molecule has 0 saturated carbocycles. The molecule has 0 atom stereocenters. The molecule has 0 aromatic carbocycles. The number of thioether (sulfide) groups is 1. The molecule has 0 radical (unpaired) electrons. The molecule has 0 spiro atoms. The van der Waals surface area contributed by atoms with Gasteiger partial charge in [0, 0.05) is 11.4 Å². The number of aromatic amines is 1. The van der Waals surface area contributed by atoms with Crippen LogP contribution in [-0.4, -0.2) is 28.3 Å². The molecule has 1 aromatic heterocycles. The van der Waals surface area contributed by atoms with Crippen molar-refractivity contribution in [3.8, 4) is 0 Å². The van der Waals surface area contributed by atoms with Gasteiger partial charge in [-0.25, -0.2) is 4.98 Å². The predicted molar refractivity (Wildman–Crippen MR) is 60.9 cm³/mol. The molecule has 84 valence electrons. The van der Waals surface area contributed by atoms with Crippen LogP contribution in [0.2, 0.25) is 0 Å². The molecule has 0 aliphatic carbocycles. The highest BCUT2D eigenvalue weighted by Gasteiger charge is 2.06. The van der Waals surface area contributed by atoms with Crippen molar-refractivity contribution in [3.63, 3.8) is 0 Å². The quantitative estimate of drug-likeness (QED) is 0.781. The molecule has 0 fully saturated rings. The van der Waals surface area contributed by atoms with E-state index in [1.807, 2.05) is 20.8 Å². The number of esters is 1. The van der Waals surface area contributed by atoms with Crippen LogP contribution < -0.4 is 0 Å². The maximum Gasteiger partial charge on any atom is 0.315 e. The van der Waals surface area contributed by atoms with Gasteiger partial charge in [0.2, 0.25) is 0 Å². The van der Waals surface area contributed by atoms with Crippen LogP contribution in [0.25, 0.3) is 0 Å². The van der Waals surface area contributed by atoms with Gasteiger partial charge < -0.3 is 9.72 Å². The smallest absolute Gasteiger partial charge is 0.315 e. The Hall–Kier alpha value is -0.970. The first-order valence-corrected chi connectivity index (χ1v) is 6.04. The number of ether oxygens (including phenoxy) is 1. The first-order chi connectivity index (χ1) is 7.13. The van der Waals surface area contributed by atoms with Crippen LogP contribution in [0.5, 0.6) is 0 Å². The summed E-state index contributed by atoms with van der Waals surface area (Å²) >= 11 is 1.52. The highest BCUT2D eigenvalue weighted by molar-refractivity contribution is 7.99. The van der Waals surface area contributed by atoms with Crippen LogP contribution in [0.4, 0.5) is 0 Å². The van der Waals surface area contributed by atoms with Crippen molar-refractivity contribution in [2.45, 2.75) is 26.5 Å². The molecule has 0 unspecified atom stereocenters. The Morgan fingerprint density at radius 2 is 2.27 bits per heavy atom. The Morgan fingerprint density at radius 1 is 1.53 bits per heavy atom. The molecule has 1 heterocycles. The number of aryl methyl sites for hydroxylation is 2. The first-order valence-electron chi connectivity index (χ1n) is 4.89. The van der Waals surface area contributed by atoms with E-state index in [4.69, 9.17) is 4.74 Å². The minimum absolute atomic E-state index is 0.160. The van der Waals surface area contributed by atoms with Crippen LogP contribution in [0.1, 0.15) is 24.1 Å². The molecule has 15 heavy (non-hydrogen) atoms. The lowest BCUT2D eigenvalue weighted by molar-refractivity contribution is -0.139. The number of aromatic nitrogens is 2. The standard InChI is InChI=1S/C10H16N2O2S/c1-4-14-10(13)6-15-5-9-7(2)11-8(3)12-9/h4-6H2,1-3H3,(H,11,12). The molecule has 1 aromatic rings. The van der Waals surface area contributed by atoms with E-state index in [0.717, 1.165) is 23.0 Å². The Balaban J connectivity index is 2.31. The number of imidazole rings is 1. The van der Waals surface area contributed by atoms with E-state index in [1.165, 1.54) is 11.8 Å². The zero-order valence-electron chi connectivity index (χ0n) is 9.29. The summed E-state index contributed by atoms with van der Waals surface area (Å²) in [5, 5.41) is 0. The van der Waals surface area contributed by atoms with Crippen LogP contribution in [0.15, 0.2) is 0 Å². The lowest BCUT2D eigenvalue weighted by Gasteiger charge is -2.00. The van der Waals surface area contributed by atoms with Gasteiger partial charge in [-0.15, -0.1) is 11.8 Å². The van der Waals surface area contributed by atoms with Gasteiger partial charge in [-0.1, -0.05) is 0 Å². The SMILES string of the molecule is CCOC(=O)CSCc1nc(C)[nH]c1C. The topological polar surface area (TPSA) is 55.0 Å². The Bertz CT molecular complexity index is 336. The normalized spacial score (nSPS) is 10.3. The van der Waals surface area contributed by atoms with Crippen LogP contribution >= 0.6 is 11.8 Å². The minimum Gasteiger partial charge on any atom is -0.465 e. The number of carbonyl (C=O) groups excluding carboxylic acids is 1. The van der Waals surface area contributed by atoms with Crippen LogP contribution in [0.3, 0.4) is 0 Å². The third-order valence-electron chi connectivity index (χ3n) is 1.87. The summed E-state index contributed by atoms with van der Waals surface area (Å²) < 4.78 is 4.83. The Labute approximate surface area is 93.8 Å². The van der Waals surface area contributed by atoms with Gasteiger partial charge in [-0.05, 0) is 20.8 Å². The zero-order chi connectivity index (χ0) is 11.3. The molecule has 0 bridgehead atoms. The fourth-order valence-corrected chi connectivity index (χ4v) is 2.06. The third-order valence-corrected chi connectivity index (χ3v) is 2.79. The summed E-state index contributed by atoms with van der Waals surface area (Å²) in [4.78, 5) is 18.5. The molecule has 5 heteroatoms. The monoisotopic (exact) mass is 228 g/mol. The van der Waals surface area contributed by atoms with E-state index >= 15 is 0 Å². The fraction of sp³-hybridized carbons (Fsp3) is 0.600. The van der Waals surface area contributed by atoms with Crippen molar-refractivity contribution >= 4 is 17.7 Å². The largest absolute Gasteiger partial charge is 0.465 e. The first kappa shape index (κ1) is 12.1. The molecule has 1 rings (SSSR count). The molecule has 1 N–H and O–H groups in total. The minimum atomic E-state index is -0.160. The second kappa shape index (κ2) is 5.80. The molecule has 4 nitrogen and oxygen atoms in total. The van der Waals surface area contributed by atoms with Gasteiger partial charge in [0.1, 0.15) is 5.82 Å². The van der Waals surface area contributed by atoms with Gasteiger partial charge in [-0.3, -0.25) is 4.79 Å². The second-order valence-corrected chi connectivity index (χ2v) is 4.18. The number of carbonyl (C=O) groups is 1. The Morgan fingerprint density at radius 3 is 2.80 bits per heavy atom. The van der Waals surface area contributed by atoms with Crippen molar-refractivity contribution in [1.29, 1.82) is 0 Å².